The second kappa shape index (κ2) is 7.09. The van der Waals surface area contributed by atoms with E-state index in [1.165, 1.54) is 18.4 Å². The maximum absolute atomic E-state index is 6.00. The molecule has 3 nitrogen and oxygen atoms in total. The number of hydrogen-bond donors (Lipinski definition) is 1. The van der Waals surface area contributed by atoms with Gasteiger partial charge in [-0.2, -0.15) is 0 Å². The van der Waals surface area contributed by atoms with Gasteiger partial charge >= 0.3 is 0 Å². The molecule has 2 rings (SSSR count). The molecular formula is C17H28N2O. The first-order chi connectivity index (χ1) is 9.67. The molecule has 0 bridgehead atoms. The molecule has 20 heavy (non-hydrogen) atoms. The highest BCUT2D eigenvalue weighted by atomic mass is 16.5. The van der Waals surface area contributed by atoms with Crippen LogP contribution in [-0.4, -0.2) is 30.6 Å². The molecule has 1 aromatic carbocycles. The summed E-state index contributed by atoms with van der Waals surface area (Å²) in [5.74, 6) is 1.80. The Labute approximate surface area is 123 Å². The highest BCUT2D eigenvalue weighted by Crippen LogP contribution is 2.34. The Morgan fingerprint density at radius 2 is 2.15 bits per heavy atom. The maximum Gasteiger partial charge on any atom is 0.124 e. The molecule has 3 heteroatoms. The van der Waals surface area contributed by atoms with Crippen molar-refractivity contribution in [1.29, 1.82) is 0 Å². The van der Waals surface area contributed by atoms with E-state index in [1.54, 1.807) is 0 Å². The number of piperidine rings is 1. The van der Waals surface area contributed by atoms with Crippen LogP contribution < -0.4 is 10.5 Å². The Morgan fingerprint density at radius 3 is 2.85 bits per heavy atom. The largest absolute Gasteiger partial charge is 0.494 e. The summed E-state index contributed by atoms with van der Waals surface area (Å²) >= 11 is 0. The predicted octanol–water partition coefficient (Wildman–Crippen LogP) is 3.21. The average Bonchev–Trinajstić information content (AvgIpc) is 2.47. The van der Waals surface area contributed by atoms with Crippen LogP contribution in [0, 0.1) is 5.92 Å². The van der Waals surface area contributed by atoms with E-state index in [4.69, 9.17) is 10.5 Å². The average molecular weight is 276 g/mol. The smallest absolute Gasteiger partial charge is 0.124 e. The van der Waals surface area contributed by atoms with Crippen LogP contribution in [0.4, 0.5) is 0 Å². The molecule has 3 unspecified atom stereocenters. The minimum atomic E-state index is 0.360. The Bertz CT molecular complexity index is 421. The normalized spacial score (nSPS) is 25.4. The Morgan fingerprint density at radius 1 is 1.40 bits per heavy atom. The van der Waals surface area contributed by atoms with Gasteiger partial charge in [0.05, 0.1) is 6.61 Å². The molecule has 1 heterocycles. The highest BCUT2D eigenvalue weighted by molar-refractivity contribution is 5.35. The molecule has 3 atom stereocenters. The zero-order valence-electron chi connectivity index (χ0n) is 13.0. The van der Waals surface area contributed by atoms with Gasteiger partial charge in [0, 0.05) is 24.2 Å². The van der Waals surface area contributed by atoms with E-state index in [9.17, 15) is 0 Å². The summed E-state index contributed by atoms with van der Waals surface area (Å²) in [5.41, 5.74) is 7.28. The second-order valence-corrected chi connectivity index (χ2v) is 5.90. The molecule has 0 radical (unpaired) electrons. The van der Waals surface area contributed by atoms with Crippen LogP contribution in [0.25, 0.3) is 0 Å². The number of nitrogens with zero attached hydrogens (tertiary/aromatic N) is 1. The van der Waals surface area contributed by atoms with Crippen molar-refractivity contribution in [1.82, 2.24) is 4.90 Å². The lowest BCUT2D eigenvalue weighted by Crippen LogP contribution is -2.47. The Balaban J connectivity index is 2.19. The van der Waals surface area contributed by atoms with Gasteiger partial charge in [0.2, 0.25) is 0 Å². The maximum atomic E-state index is 6.00. The van der Waals surface area contributed by atoms with Crippen LogP contribution in [0.3, 0.4) is 0 Å². The van der Waals surface area contributed by atoms with Crippen LogP contribution in [0.15, 0.2) is 24.3 Å². The van der Waals surface area contributed by atoms with Gasteiger partial charge in [0.15, 0.2) is 0 Å². The molecule has 1 aliphatic rings. The van der Waals surface area contributed by atoms with Crippen LogP contribution in [0.2, 0.25) is 0 Å². The van der Waals surface area contributed by atoms with Crippen molar-refractivity contribution in [3.05, 3.63) is 29.8 Å². The van der Waals surface area contributed by atoms with E-state index in [0.29, 0.717) is 18.7 Å². The number of nitrogens with two attached hydrogens (primary N) is 1. The van der Waals surface area contributed by atoms with Gasteiger partial charge in [-0.3, -0.25) is 4.90 Å². The summed E-state index contributed by atoms with van der Waals surface area (Å²) < 4.78 is 5.78. The van der Waals surface area contributed by atoms with Crippen LogP contribution >= 0.6 is 0 Å². The van der Waals surface area contributed by atoms with Crippen LogP contribution in [0.1, 0.15) is 45.2 Å². The van der Waals surface area contributed by atoms with Gasteiger partial charge in [0.25, 0.3) is 0 Å². The van der Waals surface area contributed by atoms with E-state index in [2.05, 4.69) is 36.9 Å². The first-order valence-electron chi connectivity index (χ1n) is 7.84. The number of para-hydroxylation sites is 1. The van der Waals surface area contributed by atoms with Crippen molar-refractivity contribution < 1.29 is 4.74 Å². The number of benzene rings is 1. The van der Waals surface area contributed by atoms with E-state index in [1.807, 2.05) is 13.0 Å². The molecule has 1 aliphatic heterocycles. The third-order valence-electron chi connectivity index (χ3n) is 4.46. The standard InChI is InChI=1S/C17H28N2O/c1-4-20-17-8-6-5-7-16(17)14(3)19-10-9-13(2)11-15(19)12-18/h5-8,13-15H,4,9-12,18H2,1-3H3. The zero-order chi connectivity index (χ0) is 14.5. The lowest BCUT2D eigenvalue weighted by molar-refractivity contribution is 0.0819. The summed E-state index contributed by atoms with van der Waals surface area (Å²) in [7, 11) is 0. The van der Waals surface area contributed by atoms with Crippen molar-refractivity contribution in [2.24, 2.45) is 11.7 Å². The van der Waals surface area contributed by atoms with Gasteiger partial charge in [-0.25, -0.2) is 0 Å². The molecule has 0 aromatic heterocycles. The molecule has 0 amide bonds. The van der Waals surface area contributed by atoms with E-state index < -0.39 is 0 Å². The molecule has 0 saturated carbocycles. The summed E-state index contributed by atoms with van der Waals surface area (Å²) in [6.07, 6.45) is 2.47. The predicted molar refractivity (Wildman–Crippen MR) is 84.0 cm³/mol. The lowest BCUT2D eigenvalue weighted by atomic mass is 9.90. The van der Waals surface area contributed by atoms with Crippen LogP contribution in [-0.2, 0) is 0 Å². The monoisotopic (exact) mass is 276 g/mol. The molecule has 112 valence electrons. The third-order valence-corrected chi connectivity index (χ3v) is 4.46. The summed E-state index contributed by atoms with van der Waals surface area (Å²) in [4.78, 5) is 2.55. The van der Waals surface area contributed by atoms with Gasteiger partial charge in [-0.05, 0) is 45.2 Å². The van der Waals surface area contributed by atoms with Crippen molar-refractivity contribution in [3.63, 3.8) is 0 Å². The Kier molecular flexibility index (Phi) is 5.44. The lowest BCUT2D eigenvalue weighted by Gasteiger charge is -2.42. The fourth-order valence-corrected chi connectivity index (χ4v) is 3.30. The summed E-state index contributed by atoms with van der Waals surface area (Å²) in [6, 6.07) is 9.24. The fourth-order valence-electron chi connectivity index (χ4n) is 3.30. The van der Waals surface area contributed by atoms with Crippen molar-refractivity contribution in [3.8, 4) is 5.75 Å². The number of hydrogen-bond acceptors (Lipinski definition) is 3. The van der Waals surface area contributed by atoms with Gasteiger partial charge in [-0.15, -0.1) is 0 Å². The second-order valence-electron chi connectivity index (χ2n) is 5.90. The highest BCUT2D eigenvalue weighted by Gasteiger charge is 2.30. The zero-order valence-corrected chi connectivity index (χ0v) is 13.0. The molecule has 0 aliphatic carbocycles. The first-order valence-corrected chi connectivity index (χ1v) is 7.84. The van der Waals surface area contributed by atoms with Gasteiger partial charge in [0.1, 0.15) is 5.75 Å². The number of ether oxygens (including phenoxy) is 1. The van der Waals surface area contributed by atoms with E-state index in [-0.39, 0.29) is 0 Å². The molecule has 1 fully saturated rings. The van der Waals surface area contributed by atoms with Crippen molar-refractivity contribution >= 4 is 0 Å². The Hall–Kier alpha value is -1.06. The number of likely N-dealkylation sites (tertiary alicyclic amines) is 1. The molecule has 1 aromatic rings. The minimum Gasteiger partial charge on any atom is -0.494 e. The fraction of sp³-hybridized carbons (Fsp3) is 0.647. The molecule has 2 N–H and O–H groups in total. The topological polar surface area (TPSA) is 38.5 Å². The van der Waals surface area contributed by atoms with Gasteiger partial charge in [-0.1, -0.05) is 25.1 Å². The molecular weight excluding hydrogens is 248 g/mol. The quantitative estimate of drug-likeness (QED) is 0.897. The third kappa shape index (κ3) is 3.33. The van der Waals surface area contributed by atoms with E-state index in [0.717, 1.165) is 24.8 Å². The van der Waals surface area contributed by atoms with Crippen molar-refractivity contribution in [2.75, 3.05) is 19.7 Å². The van der Waals surface area contributed by atoms with Crippen LogP contribution in [0.5, 0.6) is 5.75 Å². The van der Waals surface area contributed by atoms with Crippen molar-refractivity contribution in [2.45, 2.75) is 45.7 Å². The number of rotatable bonds is 5. The first kappa shape index (κ1) is 15.3. The molecule has 0 spiro atoms. The molecule has 1 saturated heterocycles. The van der Waals surface area contributed by atoms with E-state index >= 15 is 0 Å². The van der Waals surface area contributed by atoms with Gasteiger partial charge < -0.3 is 10.5 Å². The summed E-state index contributed by atoms with van der Waals surface area (Å²) in [6.45, 7) is 9.22. The minimum absolute atomic E-state index is 0.360. The summed E-state index contributed by atoms with van der Waals surface area (Å²) in [5, 5.41) is 0. The SMILES string of the molecule is CCOc1ccccc1C(C)N1CCC(C)CC1CN.